The van der Waals surface area contributed by atoms with Crippen molar-refractivity contribution in [2.24, 2.45) is 0 Å². The second-order valence-corrected chi connectivity index (χ2v) is 5.11. The van der Waals surface area contributed by atoms with E-state index in [-0.39, 0.29) is 0 Å². The van der Waals surface area contributed by atoms with Crippen molar-refractivity contribution in [1.82, 2.24) is 14.8 Å². The van der Waals surface area contributed by atoms with Crippen LogP contribution in [0.1, 0.15) is 32.2 Å². The van der Waals surface area contributed by atoms with Crippen LogP contribution in [-0.4, -0.2) is 14.8 Å². The maximum absolute atomic E-state index is 9.14. The standard InChI is InChI=1S/C15H18N4/c1-5-19-14(17-11(2)18-19)12-6-8-13(9-7-12)15(3,4)10-16/h6-9H,5H2,1-4H3. The first-order valence-electron chi connectivity index (χ1n) is 6.41. The minimum absolute atomic E-state index is 0.465. The minimum atomic E-state index is -0.465. The lowest BCUT2D eigenvalue weighted by Crippen LogP contribution is -2.13. The number of hydrogen-bond acceptors (Lipinski definition) is 3. The van der Waals surface area contributed by atoms with Gasteiger partial charge < -0.3 is 0 Å². The van der Waals surface area contributed by atoms with Gasteiger partial charge in [0.05, 0.1) is 11.5 Å². The number of nitrogens with zero attached hydrogens (tertiary/aromatic N) is 4. The lowest BCUT2D eigenvalue weighted by molar-refractivity contribution is 0.659. The Bertz CT molecular complexity index is 615. The van der Waals surface area contributed by atoms with Crippen molar-refractivity contribution in [3.63, 3.8) is 0 Å². The largest absolute Gasteiger partial charge is 0.246 e. The summed E-state index contributed by atoms with van der Waals surface area (Å²) in [5.41, 5.74) is 1.57. The normalized spacial score (nSPS) is 11.3. The van der Waals surface area contributed by atoms with Gasteiger partial charge in [-0.25, -0.2) is 9.67 Å². The van der Waals surface area contributed by atoms with Gasteiger partial charge in [-0.2, -0.15) is 10.4 Å². The number of aromatic nitrogens is 3. The Hall–Kier alpha value is -2.15. The van der Waals surface area contributed by atoms with Crippen LogP contribution in [0.5, 0.6) is 0 Å². The van der Waals surface area contributed by atoms with Gasteiger partial charge in [-0.3, -0.25) is 0 Å². The highest BCUT2D eigenvalue weighted by atomic mass is 15.3. The lowest BCUT2D eigenvalue weighted by atomic mass is 9.86. The maximum atomic E-state index is 9.14. The molecule has 0 aliphatic rings. The summed E-state index contributed by atoms with van der Waals surface area (Å²) in [5, 5.41) is 13.5. The van der Waals surface area contributed by atoms with Gasteiger partial charge in [0.2, 0.25) is 0 Å². The van der Waals surface area contributed by atoms with E-state index in [1.165, 1.54) is 0 Å². The van der Waals surface area contributed by atoms with Gasteiger partial charge in [0.25, 0.3) is 0 Å². The summed E-state index contributed by atoms with van der Waals surface area (Å²) < 4.78 is 1.89. The highest BCUT2D eigenvalue weighted by Gasteiger charge is 2.19. The molecular weight excluding hydrogens is 236 g/mol. The predicted molar refractivity (Wildman–Crippen MR) is 74.5 cm³/mol. The van der Waals surface area contributed by atoms with Gasteiger partial charge in [0, 0.05) is 12.1 Å². The van der Waals surface area contributed by atoms with E-state index < -0.39 is 5.41 Å². The van der Waals surface area contributed by atoms with Gasteiger partial charge >= 0.3 is 0 Å². The smallest absolute Gasteiger partial charge is 0.158 e. The van der Waals surface area contributed by atoms with Crippen LogP contribution < -0.4 is 0 Å². The zero-order valence-electron chi connectivity index (χ0n) is 11.8. The van der Waals surface area contributed by atoms with E-state index in [1.54, 1.807) is 0 Å². The first kappa shape index (κ1) is 13.3. The second kappa shape index (κ2) is 4.85. The topological polar surface area (TPSA) is 54.5 Å². The molecule has 19 heavy (non-hydrogen) atoms. The van der Waals surface area contributed by atoms with Crippen LogP contribution in [-0.2, 0) is 12.0 Å². The number of nitriles is 1. The molecule has 0 saturated heterocycles. The second-order valence-electron chi connectivity index (χ2n) is 5.11. The molecule has 0 N–H and O–H groups in total. The van der Waals surface area contributed by atoms with E-state index >= 15 is 0 Å². The van der Waals surface area contributed by atoms with Gasteiger partial charge in [0.15, 0.2) is 5.82 Å². The fourth-order valence-electron chi connectivity index (χ4n) is 1.99. The fourth-order valence-corrected chi connectivity index (χ4v) is 1.99. The van der Waals surface area contributed by atoms with Crippen molar-refractivity contribution in [2.75, 3.05) is 0 Å². The van der Waals surface area contributed by atoms with Crippen LogP contribution in [0.3, 0.4) is 0 Å². The molecule has 0 unspecified atom stereocenters. The predicted octanol–water partition coefficient (Wildman–Crippen LogP) is 3.07. The average Bonchev–Trinajstić information content (AvgIpc) is 2.80. The Labute approximate surface area is 113 Å². The maximum Gasteiger partial charge on any atom is 0.158 e. The molecule has 0 atom stereocenters. The van der Waals surface area contributed by atoms with Crippen molar-refractivity contribution < 1.29 is 0 Å². The highest BCUT2D eigenvalue weighted by molar-refractivity contribution is 5.56. The third-order valence-electron chi connectivity index (χ3n) is 3.22. The van der Waals surface area contributed by atoms with Crippen LogP contribution in [0.25, 0.3) is 11.4 Å². The molecule has 4 heteroatoms. The fraction of sp³-hybridized carbons (Fsp3) is 0.400. The summed E-state index contributed by atoms with van der Waals surface area (Å²) in [4.78, 5) is 4.45. The number of hydrogen-bond donors (Lipinski definition) is 0. The highest BCUT2D eigenvalue weighted by Crippen LogP contribution is 2.25. The molecule has 0 aliphatic heterocycles. The first-order chi connectivity index (χ1) is 8.97. The van der Waals surface area contributed by atoms with Crippen LogP contribution in [0, 0.1) is 18.3 Å². The molecule has 98 valence electrons. The Kier molecular flexibility index (Phi) is 3.39. The SMILES string of the molecule is CCn1nc(C)nc1-c1ccc(C(C)(C)C#N)cc1. The summed E-state index contributed by atoms with van der Waals surface area (Å²) in [7, 11) is 0. The summed E-state index contributed by atoms with van der Waals surface area (Å²) in [5.74, 6) is 1.65. The molecule has 0 bridgehead atoms. The summed E-state index contributed by atoms with van der Waals surface area (Å²) >= 11 is 0. The van der Waals surface area contributed by atoms with Crippen LogP contribution in [0.4, 0.5) is 0 Å². The molecule has 0 spiro atoms. The molecule has 0 aliphatic carbocycles. The quantitative estimate of drug-likeness (QED) is 0.845. The lowest BCUT2D eigenvalue weighted by Gasteiger charge is -2.15. The van der Waals surface area contributed by atoms with Gasteiger partial charge in [-0.05, 0) is 33.3 Å². The zero-order valence-corrected chi connectivity index (χ0v) is 11.8. The molecule has 2 aromatic rings. The molecule has 2 rings (SSSR count). The van der Waals surface area contributed by atoms with E-state index in [4.69, 9.17) is 5.26 Å². The Morgan fingerprint density at radius 3 is 2.42 bits per heavy atom. The summed E-state index contributed by atoms with van der Waals surface area (Å²) in [6.45, 7) is 8.57. The van der Waals surface area contributed by atoms with E-state index in [1.807, 2.05) is 56.6 Å². The van der Waals surface area contributed by atoms with Crippen LogP contribution >= 0.6 is 0 Å². The van der Waals surface area contributed by atoms with Crippen molar-refractivity contribution in [2.45, 2.75) is 39.7 Å². The van der Waals surface area contributed by atoms with Crippen molar-refractivity contribution in [1.29, 1.82) is 5.26 Å². The Morgan fingerprint density at radius 1 is 1.26 bits per heavy atom. The molecule has 1 heterocycles. The van der Waals surface area contributed by atoms with Crippen molar-refractivity contribution in [3.8, 4) is 17.5 Å². The molecule has 4 nitrogen and oxygen atoms in total. The van der Waals surface area contributed by atoms with E-state index in [0.717, 1.165) is 29.3 Å². The molecule has 0 amide bonds. The zero-order chi connectivity index (χ0) is 14.0. The minimum Gasteiger partial charge on any atom is -0.246 e. The van der Waals surface area contributed by atoms with E-state index in [2.05, 4.69) is 16.2 Å². The number of aryl methyl sites for hydroxylation is 2. The van der Waals surface area contributed by atoms with Crippen LogP contribution in [0.2, 0.25) is 0 Å². The number of rotatable bonds is 3. The van der Waals surface area contributed by atoms with E-state index in [9.17, 15) is 0 Å². The van der Waals surface area contributed by atoms with Gasteiger partial charge in [0.1, 0.15) is 5.82 Å². The molecule has 0 fully saturated rings. The Balaban J connectivity index is 2.41. The van der Waals surface area contributed by atoms with Crippen molar-refractivity contribution >= 4 is 0 Å². The molecule has 0 radical (unpaired) electrons. The first-order valence-corrected chi connectivity index (χ1v) is 6.41. The summed E-state index contributed by atoms with van der Waals surface area (Å²) in [6.07, 6.45) is 0. The third kappa shape index (κ3) is 2.50. The van der Waals surface area contributed by atoms with Gasteiger partial charge in [-0.15, -0.1) is 0 Å². The molecule has 1 aromatic heterocycles. The summed E-state index contributed by atoms with van der Waals surface area (Å²) in [6, 6.07) is 10.3. The van der Waals surface area contributed by atoms with E-state index in [0.29, 0.717) is 0 Å². The molecular formula is C15H18N4. The third-order valence-corrected chi connectivity index (χ3v) is 3.22. The molecule has 1 aromatic carbocycles. The average molecular weight is 254 g/mol. The molecule has 0 saturated carbocycles. The monoisotopic (exact) mass is 254 g/mol. The Morgan fingerprint density at radius 2 is 1.89 bits per heavy atom. The van der Waals surface area contributed by atoms with Crippen molar-refractivity contribution in [3.05, 3.63) is 35.7 Å². The van der Waals surface area contributed by atoms with Gasteiger partial charge in [-0.1, -0.05) is 24.3 Å². The number of benzene rings is 1. The van der Waals surface area contributed by atoms with Crippen LogP contribution in [0.15, 0.2) is 24.3 Å².